The second-order valence-electron chi connectivity index (χ2n) is 1.96. The number of hydrogen-bond acceptors (Lipinski definition) is 6. The van der Waals surface area contributed by atoms with Crippen LogP contribution in [0.3, 0.4) is 0 Å². The van der Waals surface area contributed by atoms with Crippen molar-refractivity contribution in [3.8, 4) is 0 Å². The summed E-state index contributed by atoms with van der Waals surface area (Å²) in [7, 11) is 0. The molecule has 64 valence electrons. The third kappa shape index (κ3) is 2.71. The average Bonchev–Trinajstić information content (AvgIpc) is 2.52. The molecule has 1 fully saturated rings. The molecule has 0 bridgehead atoms. The number of nitrogens with two attached hydrogens (primary N) is 1. The van der Waals surface area contributed by atoms with Crippen molar-refractivity contribution in [3.63, 3.8) is 0 Å². The molecule has 2 N–H and O–H groups in total. The molecule has 1 aliphatic rings. The van der Waals surface area contributed by atoms with E-state index in [4.69, 9.17) is 9.47 Å². The highest BCUT2D eigenvalue weighted by molar-refractivity contribution is 5.59. The minimum atomic E-state index is -0.916. The first-order valence-electron chi connectivity index (χ1n) is 3.05. The molecule has 1 unspecified atom stereocenters. The number of ether oxygens (including phenoxy) is 3. The van der Waals surface area contributed by atoms with Crippen molar-refractivity contribution >= 4 is 6.16 Å². The minimum absolute atomic E-state index is 0.107. The summed E-state index contributed by atoms with van der Waals surface area (Å²) in [5, 5.41) is 0. The topological polar surface area (TPSA) is 80.0 Å². The lowest BCUT2D eigenvalue weighted by atomic mass is 10.4. The van der Waals surface area contributed by atoms with Crippen LogP contribution in [0.2, 0.25) is 0 Å². The highest BCUT2D eigenvalue weighted by Crippen LogP contribution is 2.02. The van der Waals surface area contributed by atoms with Crippen LogP contribution in [0.4, 0.5) is 4.79 Å². The van der Waals surface area contributed by atoms with E-state index >= 15 is 0 Å². The summed E-state index contributed by atoms with van der Waals surface area (Å²) < 4.78 is 14.3. The van der Waals surface area contributed by atoms with Crippen molar-refractivity contribution in [1.82, 2.24) is 0 Å². The lowest BCUT2D eigenvalue weighted by Gasteiger charge is -2.06. The highest BCUT2D eigenvalue weighted by atomic mass is 16.8. The molecule has 0 aromatic carbocycles. The van der Waals surface area contributed by atoms with Gasteiger partial charge in [0.25, 0.3) is 0 Å². The Kier molecular flexibility index (Phi) is 3.09. The van der Waals surface area contributed by atoms with Crippen LogP contribution in [0.1, 0.15) is 0 Å². The van der Waals surface area contributed by atoms with Gasteiger partial charge < -0.3 is 19.0 Å². The summed E-state index contributed by atoms with van der Waals surface area (Å²) in [5.74, 6) is 4.51. The predicted molar refractivity (Wildman–Crippen MR) is 32.3 cm³/mol. The standard InChI is InChI=1S/C5H9NO5/c6-11-5(7)9-2-4-1-8-3-10-4/h4H,1-3,6H2. The van der Waals surface area contributed by atoms with Gasteiger partial charge in [-0.05, 0) is 0 Å². The molecular weight excluding hydrogens is 154 g/mol. The van der Waals surface area contributed by atoms with E-state index in [0.29, 0.717) is 6.61 Å². The zero-order valence-electron chi connectivity index (χ0n) is 5.82. The molecule has 0 aliphatic carbocycles. The van der Waals surface area contributed by atoms with Crippen LogP contribution >= 0.6 is 0 Å². The van der Waals surface area contributed by atoms with Gasteiger partial charge >= 0.3 is 6.16 Å². The minimum Gasteiger partial charge on any atom is -0.430 e. The monoisotopic (exact) mass is 163 g/mol. The molecule has 0 spiro atoms. The predicted octanol–water partition coefficient (Wildman–Crippen LogP) is -0.614. The van der Waals surface area contributed by atoms with Gasteiger partial charge in [0.15, 0.2) is 0 Å². The number of rotatable bonds is 2. The van der Waals surface area contributed by atoms with Crippen molar-refractivity contribution in [2.45, 2.75) is 6.10 Å². The Balaban J connectivity index is 2.06. The van der Waals surface area contributed by atoms with Gasteiger partial charge in [-0.25, -0.2) is 4.79 Å². The van der Waals surface area contributed by atoms with Crippen molar-refractivity contribution in [2.75, 3.05) is 20.0 Å². The van der Waals surface area contributed by atoms with Gasteiger partial charge in [-0.2, -0.15) is 5.90 Å². The summed E-state index contributed by atoms with van der Waals surface area (Å²) >= 11 is 0. The maximum Gasteiger partial charge on any atom is 0.527 e. The molecule has 6 nitrogen and oxygen atoms in total. The Labute approximate surface area is 63.1 Å². The number of hydrogen-bond donors (Lipinski definition) is 1. The molecule has 6 heteroatoms. The van der Waals surface area contributed by atoms with Gasteiger partial charge in [-0.3, -0.25) is 0 Å². The largest absolute Gasteiger partial charge is 0.527 e. The fraction of sp³-hybridized carbons (Fsp3) is 0.800. The van der Waals surface area contributed by atoms with E-state index in [1.165, 1.54) is 0 Å². The first-order valence-corrected chi connectivity index (χ1v) is 3.05. The molecule has 1 rings (SSSR count). The maximum atomic E-state index is 10.3. The fourth-order valence-electron chi connectivity index (χ4n) is 0.663. The molecule has 0 radical (unpaired) electrons. The van der Waals surface area contributed by atoms with Crippen LogP contribution in [-0.2, 0) is 19.0 Å². The van der Waals surface area contributed by atoms with Crippen LogP contribution in [-0.4, -0.2) is 32.3 Å². The van der Waals surface area contributed by atoms with Crippen LogP contribution < -0.4 is 5.90 Å². The zero-order chi connectivity index (χ0) is 8.10. The van der Waals surface area contributed by atoms with Gasteiger partial charge in [0.1, 0.15) is 19.5 Å². The second-order valence-corrected chi connectivity index (χ2v) is 1.96. The number of carbonyl (C=O) groups is 1. The fourth-order valence-corrected chi connectivity index (χ4v) is 0.663. The molecule has 0 saturated carbocycles. The molecule has 0 amide bonds. The van der Waals surface area contributed by atoms with Crippen molar-refractivity contribution in [3.05, 3.63) is 0 Å². The molecule has 1 saturated heterocycles. The summed E-state index contributed by atoms with van der Waals surface area (Å²) in [6.45, 7) is 0.777. The van der Waals surface area contributed by atoms with E-state index in [-0.39, 0.29) is 19.5 Å². The van der Waals surface area contributed by atoms with E-state index < -0.39 is 6.16 Å². The molecular formula is C5H9NO5. The quantitative estimate of drug-likeness (QED) is 0.432. The first-order chi connectivity index (χ1) is 5.33. The van der Waals surface area contributed by atoms with Crippen molar-refractivity contribution in [2.24, 2.45) is 5.90 Å². The lowest BCUT2D eigenvalue weighted by Crippen LogP contribution is -2.22. The summed E-state index contributed by atoms with van der Waals surface area (Å²) in [4.78, 5) is 14.1. The van der Waals surface area contributed by atoms with Gasteiger partial charge in [0.2, 0.25) is 0 Å². The smallest absolute Gasteiger partial charge is 0.430 e. The SMILES string of the molecule is NOC(=O)OCC1COCO1. The van der Waals surface area contributed by atoms with E-state index in [1.807, 2.05) is 0 Å². The van der Waals surface area contributed by atoms with Crippen molar-refractivity contribution < 1.29 is 23.8 Å². The van der Waals surface area contributed by atoms with E-state index in [2.05, 4.69) is 15.5 Å². The summed E-state index contributed by atoms with van der Waals surface area (Å²) in [6, 6.07) is 0. The average molecular weight is 163 g/mol. The summed E-state index contributed by atoms with van der Waals surface area (Å²) in [6.07, 6.45) is -1.12. The number of carbonyl (C=O) groups excluding carboxylic acids is 1. The third-order valence-corrected chi connectivity index (χ3v) is 1.17. The summed E-state index contributed by atoms with van der Waals surface area (Å²) in [5.41, 5.74) is 0. The third-order valence-electron chi connectivity index (χ3n) is 1.17. The van der Waals surface area contributed by atoms with E-state index in [1.54, 1.807) is 0 Å². The Morgan fingerprint density at radius 3 is 3.09 bits per heavy atom. The van der Waals surface area contributed by atoms with Gasteiger partial charge in [-0.1, -0.05) is 0 Å². The van der Waals surface area contributed by atoms with Crippen LogP contribution in [0.25, 0.3) is 0 Å². The lowest BCUT2D eigenvalue weighted by molar-refractivity contribution is 0.000674. The molecule has 1 heterocycles. The van der Waals surface area contributed by atoms with Gasteiger partial charge in [0, 0.05) is 0 Å². The van der Waals surface area contributed by atoms with Crippen LogP contribution in [0.15, 0.2) is 0 Å². The van der Waals surface area contributed by atoms with Crippen molar-refractivity contribution in [1.29, 1.82) is 0 Å². The van der Waals surface area contributed by atoms with Gasteiger partial charge in [0.05, 0.1) is 6.61 Å². The normalized spacial score (nSPS) is 23.2. The Morgan fingerprint density at radius 1 is 1.73 bits per heavy atom. The zero-order valence-corrected chi connectivity index (χ0v) is 5.82. The Morgan fingerprint density at radius 2 is 2.55 bits per heavy atom. The molecule has 0 aromatic heterocycles. The molecule has 11 heavy (non-hydrogen) atoms. The van der Waals surface area contributed by atoms with Crippen LogP contribution in [0.5, 0.6) is 0 Å². The molecule has 0 aromatic rings. The second kappa shape index (κ2) is 4.12. The maximum absolute atomic E-state index is 10.3. The molecule has 1 atom stereocenters. The van der Waals surface area contributed by atoms with Gasteiger partial charge in [-0.15, -0.1) is 0 Å². The van der Waals surface area contributed by atoms with Crippen LogP contribution in [0, 0.1) is 0 Å². The Bertz CT molecular complexity index is 133. The first kappa shape index (κ1) is 8.25. The van der Waals surface area contributed by atoms with E-state index in [0.717, 1.165) is 0 Å². The Hall–Kier alpha value is -0.850. The highest BCUT2D eigenvalue weighted by Gasteiger charge is 2.18. The van der Waals surface area contributed by atoms with E-state index in [9.17, 15) is 4.79 Å². The molecule has 1 aliphatic heterocycles.